The van der Waals surface area contributed by atoms with Gasteiger partial charge in [-0.15, -0.1) is 13.0 Å². The maximum atomic E-state index is 5.61. The molecule has 0 spiro atoms. The maximum Gasteiger partial charge on any atom is 1.00 e. The van der Waals surface area contributed by atoms with Gasteiger partial charge in [-0.3, -0.25) is 6.08 Å². The quantitative estimate of drug-likeness (QED) is 0.264. The smallest absolute Gasteiger partial charge is 0.323 e. The van der Waals surface area contributed by atoms with Crippen molar-refractivity contribution in [1.29, 1.82) is 0 Å². The van der Waals surface area contributed by atoms with E-state index in [0.717, 1.165) is 12.0 Å². The van der Waals surface area contributed by atoms with Crippen molar-refractivity contribution in [3.8, 4) is 0 Å². The van der Waals surface area contributed by atoms with Crippen molar-refractivity contribution in [2.24, 2.45) is 5.73 Å². The van der Waals surface area contributed by atoms with Crippen molar-refractivity contribution >= 4 is 0 Å². The third-order valence-corrected chi connectivity index (χ3v) is 1.33. The van der Waals surface area contributed by atoms with Gasteiger partial charge in [-0.2, -0.15) is 6.08 Å². The molecule has 0 amide bonds. The van der Waals surface area contributed by atoms with Crippen LogP contribution in [0.3, 0.4) is 0 Å². The molecule has 0 aliphatic heterocycles. The number of nitrogens with two attached hydrogens (primary N) is 1. The zero-order valence-electron chi connectivity index (χ0n) is 6.30. The second-order valence-corrected chi connectivity index (χ2v) is 2.00. The Hall–Kier alpha value is -0.223. The second kappa shape index (κ2) is 4.57. The first-order valence-electron chi connectivity index (χ1n) is 3.00. The van der Waals surface area contributed by atoms with Crippen LogP contribution in [0.5, 0.6) is 0 Å². The minimum atomic E-state index is -0.0243. The zero-order chi connectivity index (χ0) is 6.69. The topological polar surface area (TPSA) is 26.0 Å². The van der Waals surface area contributed by atoms with Gasteiger partial charge in [0.05, 0.1) is 0 Å². The minimum absolute atomic E-state index is 0. The van der Waals surface area contributed by atoms with Gasteiger partial charge < -0.3 is 5.73 Å². The van der Waals surface area contributed by atoms with Crippen molar-refractivity contribution in [2.45, 2.75) is 12.5 Å². The molecule has 10 heavy (non-hydrogen) atoms. The third-order valence-electron chi connectivity index (χ3n) is 1.33. The largest absolute Gasteiger partial charge is 1.00 e. The minimum Gasteiger partial charge on any atom is -0.323 e. The SMILES string of the molecule is C=CC(N)C1=[C-]CC=C1.[Li+]. The molecule has 0 heterocycles. The molecule has 1 nitrogen and oxygen atoms in total. The first kappa shape index (κ1) is 9.78. The Labute approximate surface area is 73.9 Å². The van der Waals surface area contributed by atoms with Gasteiger partial charge in [-0.25, -0.2) is 11.6 Å². The first-order valence-corrected chi connectivity index (χ1v) is 3.00. The summed E-state index contributed by atoms with van der Waals surface area (Å²) in [6.45, 7) is 3.59. The molecule has 0 aromatic carbocycles. The molecule has 0 saturated heterocycles. The van der Waals surface area contributed by atoms with Crippen molar-refractivity contribution < 1.29 is 18.9 Å². The summed E-state index contributed by atoms with van der Waals surface area (Å²) in [5.74, 6) is 0. The Morgan fingerprint density at radius 1 is 1.80 bits per heavy atom. The van der Waals surface area contributed by atoms with Gasteiger partial charge in [-0.05, 0) is 0 Å². The molecule has 1 aliphatic carbocycles. The van der Waals surface area contributed by atoms with Crippen LogP contribution in [0.1, 0.15) is 6.42 Å². The van der Waals surface area contributed by atoms with E-state index in [4.69, 9.17) is 5.73 Å². The van der Waals surface area contributed by atoms with E-state index >= 15 is 0 Å². The standard InChI is InChI=1S/C8H10N.Li/c1-2-8(9)7-5-3-4-6-7;/h2-3,5,8H,1,4,9H2;/q-1;+1. The summed E-state index contributed by atoms with van der Waals surface area (Å²) in [4.78, 5) is 0. The van der Waals surface area contributed by atoms with Crippen molar-refractivity contribution in [3.63, 3.8) is 0 Å². The normalized spacial score (nSPS) is 17.5. The second-order valence-electron chi connectivity index (χ2n) is 2.00. The van der Waals surface area contributed by atoms with E-state index in [0.29, 0.717) is 0 Å². The van der Waals surface area contributed by atoms with E-state index in [1.54, 1.807) is 6.08 Å². The molecule has 0 aromatic rings. The molecular formula is C8H10LiN. The number of allylic oxidation sites excluding steroid dienone is 2. The van der Waals surface area contributed by atoms with Crippen LogP contribution in [0.25, 0.3) is 0 Å². The van der Waals surface area contributed by atoms with E-state index in [9.17, 15) is 0 Å². The van der Waals surface area contributed by atoms with E-state index < -0.39 is 0 Å². The fourth-order valence-corrected chi connectivity index (χ4v) is 0.778. The van der Waals surface area contributed by atoms with E-state index in [1.807, 2.05) is 12.2 Å². The van der Waals surface area contributed by atoms with E-state index in [1.165, 1.54) is 0 Å². The molecule has 1 aliphatic rings. The Balaban J connectivity index is 0.000000810. The average Bonchev–Trinajstić information content (AvgIpc) is 2.37. The van der Waals surface area contributed by atoms with Crippen LogP contribution in [-0.4, -0.2) is 6.04 Å². The van der Waals surface area contributed by atoms with E-state index in [2.05, 4.69) is 12.7 Å². The zero-order valence-corrected chi connectivity index (χ0v) is 6.30. The molecule has 1 atom stereocenters. The molecule has 0 radical (unpaired) electrons. The fraction of sp³-hybridized carbons (Fsp3) is 0.250. The maximum absolute atomic E-state index is 5.61. The predicted molar refractivity (Wildman–Crippen MR) is 38.7 cm³/mol. The Morgan fingerprint density at radius 3 is 2.90 bits per heavy atom. The van der Waals surface area contributed by atoms with E-state index in [-0.39, 0.29) is 24.9 Å². The summed E-state index contributed by atoms with van der Waals surface area (Å²) >= 11 is 0. The predicted octanol–water partition coefficient (Wildman–Crippen LogP) is -1.81. The van der Waals surface area contributed by atoms with Crippen molar-refractivity contribution in [1.82, 2.24) is 0 Å². The van der Waals surface area contributed by atoms with Gasteiger partial charge in [0.1, 0.15) is 0 Å². The van der Waals surface area contributed by atoms with Gasteiger partial charge in [0, 0.05) is 6.04 Å². The molecule has 0 aromatic heterocycles. The monoisotopic (exact) mass is 127 g/mol. The summed E-state index contributed by atoms with van der Waals surface area (Å²) in [6, 6.07) is -0.0243. The molecule has 2 N–H and O–H groups in total. The third kappa shape index (κ3) is 2.19. The van der Waals surface area contributed by atoms with Crippen LogP contribution in [0.2, 0.25) is 0 Å². The summed E-state index contributed by atoms with van der Waals surface area (Å²) in [5, 5.41) is 0. The van der Waals surface area contributed by atoms with Crippen LogP contribution >= 0.6 is 0 Å². The van der Waals surface area contributed by atoms with Gasteiger partial charge in [0.15, 0.2) is 0 Å². The Morgan fingerprint density at radius 2 is 2.50 bits per heavy atom. The summed E-state index contributed by atoms with van der Waals surface area (Å²) in [7, 11) is 0. The molecular weight excluding hydrogens is 117 g/mol. The summed E-state index contributed by atoms with van der Waals surface area (Å²) in [6.07, 6.45) is 9.77. The average molecular weight is 127 g/mol. The Kier molecular flexibility index (Phi) is 4.47. The van der Waals surface area contributed by atoms with Crippen LogP contribution in [0.15, 0.2) is 30.4 Å². The number of rotatable bonds is 2. The summed E-state index contributed by atoms with van der Waals surface area (Å²) in [5.41, 5.74) is 6.67. The molecule has 1 rings (SSSR count). The van der Waals surface area contributed by atoms with Crippen LogP contribution in [-0.2, 0) is 0 Å². The molecule has 2 heteroatoms. The van der Waals surface area contributed by atoms with Gasteiger partial charge in [-0.1, -0.05) is 6.08 Å². The van der Waals surface area contributed by atoms with Crippen LogP contribution < -0.4 is 24.6 Å². The van der Waals surface area contributed by atoms with Crippen LogP contribution in [0, 0.1) is 6.08 Å². The fourth-order valence-electron chi connectivity index (χ4n) is 0.778. The summed E-state index contributed by atoms with van der Waals surface area (Å²) < 4.78 is 0. The molecule has 0 bridgehead atoms. The molecule has 0 fully saturated rings. The van der Waals surface area contributed by atoms with Gasteiger partial charge >= 0.3 is 18.9 Å². The molecule has 0 saturated carbocycles. The van der Waals surface area contributed by atoms with Crippen molar-refractivity contribution in [2.75, 3.05) is 0 Å². The van der Waals surface area contributed by atoms with Crippen LogP contribution in [0.4, 0.5) is 0 Å². The molecule has 1 unspecified atom stereocenters. The number of hydrogen-bond donors (Lipinski definition) is 1. The van der Waals surface area contributed by atoms with Gasteiger partial charge in [0.25, 0.3) is 0 Å². The van der Waals surface area contributed by atoms with Crippen molar-refractivity contribution in [3.05, 3.63) is 36.5 Å². The first-order chi connectivity index (χ1) is 4.34. The Bertz CT molecular complexity index is 170. The molecule has 48 valence electrons. The number of hydrogen-bond acceptors (Lipinski definition) is 1. The van der Waals surface area contributed by atoms with Gasteiger partial charge in [0.2, 0.25) is 0 Å².